The molecule has 0 aromatic rings. The van der Waals surface area contributed by atoms with Gasteiger partial charge in [0.25, 0.3) is 0 Å². The van der Waals surface area contributed by atoms with Crippen molar-refractivity contribution in [1.29, 1.82) is 0 Å². The molecule has 1 aliphatic heterocycles. The molecule has 4 saturated carbocycles. The molecule has 21 heavy (non-hydrogen) atoms. The van der Waals surface area contributed by atoms with Crippen molar-refractivity contribution in [3.63, 3.8) is 0 Å². The van der Waals surface area contributed by atoms with E-state index in [0.29, 0.717) is 23.7 Å². The Kier molecular flexibility index (Phi) is 2.61. The summed E-state index contributed by atoms with van der Waals surface area (Å²) in [4.78, 5) is 12.7. The molecule has 0 spiro atoms. The third-order valence-electron chi connectivity index (χ3n) is 7.95. The van der Waals surface area contributed by atoms with Crippen molar-refractivity contribution < 1.29 is 14.3 Å². The topological polar surface area (TPSA) is 35.5 Å². The van der Waals surface area contributed by atoms with Crippen LogP contribution in [0.3, 0.4) is 0 Å². The van der Waals surface area contributed by atoms with Gasteiger partial charge >= 0.3 is 5.97 Å². The maximum absolute atomic E-state index is 12.7. The van der Waals surface area contributed by atoms with Gasteiger partial charge in [0.2, 0.25) is 0 Å². The van der Waals surface area contributed by atoms with Gasteiger partial charge in [0.1, 0.15) is 6.10 Å². The maximum atomic E-state index is 12.7. The Morgan fingerprint density at radius 2 is 1.76 bits per heavy atom. The van der Waals surface area contributed by atoms with Crippen LogP contribution in [-0.2, 0) is 14.3 Å². The van der Waals surface area contributed by atoms with Gasteiger partial charge in [0.15, 0.2) is 0 Å². The molecule has 1 heterocycles. The Bertz CT molecular complexity index is 471. The molecular formula is C18H26O3. The summed E-state index contributed by atoms with van der Waals surface area (Å²) in [5, 5.41) is 0. The van der Waals surface area contributed by atoms with Crippen LogP contribution in [-0.4, -0.2) is 24.8 Å². The molecule has 4 aliphatic carbocycles. The molecule has 1 saturated heterocycles. The minimum absolute atomic E-state index is 0.0770. The van der Waals surface area contributed by atoms with Crippen molar-refractivity contribution in [2.45, 2.75) is 51.7 Å². The van der Waals surface area contributed by atoms with Gasteiger partial charge in [0.05, 0.1) is 18.6 Å². The van der Waals surface area contributed by atoms with Crippen molar-refractivity contribution in [1.82, 2.24) is 0 Å². The van der Waals surface area contributed by atoms with Crippen LogP contribution in [0.15, 0.2) is 0 Å². The normalized spacial score (nSPS) is 59.9. The van der Waals surface area contributed by atoms with Gasteiger partial charge in [-0.3, -0.25) is 4.79 Å². The molecule has 0 aromatic carbocycles. The Morgan fingerprint density at radius 1 is 0.952 bits per heavy atom. The Balaban J connectivity index is 1.29. The van der Waals surface area contributed by atoms with Gasteiger partial charge in [-0.1, -0.05) is 13.8 Å². The molecule has 0 radical (unpaired) electrons. The summed E-state index contributed by atoms with van der Waals surface area (Å²) in [6.07, 6.45) is 5.09. The van der Waals surface area contributed by atoms with Crippen molar-refractivity contribution in [2.75, 3.05) is 6.61 Å². The first kappa shape index (κ1) is 12.9. The van der Waals surface area contributed by atoms with Gasteiger partial charge in [0, 0.05) is 0 Å². The lowest BCUT2D eigenvalue weighted by atomic mass is 9.76. The van der Waals surface area contributed by atoms with E-state index in [1.54, 1.807) is 0 Å². The van der Waals surface area contributed by atoms with E-state index in [1.807, 2.05) is 0 Å². The SMILES string of the molecule is CC1C2CC(C(=O)OC3C4CC5COC3C5C4)C(C2)C1C. The Hall–Kier alpha value is -0.570. The minimum atomic E-state index is 0.0770. The van der Waals surface area contributed by atoms with E-state index < -0.39 is 0 Å². The van der Waals surface area contributed by atoms with E-state index in [0.717, 1.165) is 30.8 Å². The first-order valence-electron chi connectivity index (χ1n) is 8.95. The predicted octanol–water partition coefficient (Wildman–Crippen LogP) is 2.88. The van der Waals surface area contributed by atoms with Crippen LogP contribution in [0.1, 0.15) is 39.5 Å². The largest absolute Gasteiger partial charge is 0.459 e. The second kappa shape index (κ2) is 4.24. The highest BCUT2D eigenvalue weighted by Crippen LogP contribution is 2.57. The second-order valence-corrected chi connectivity index (χ2v) is 8.57. The van der Waals surface area contributed by atoms with Crippen LogP contribution in [0.25, 0.3) is 0 Å². The molecule has 3 heteroatoms. The number of hydrogen-bond acceptors (Lipinski definition) is 3. The van der Waals surface area contributed by atoms with Crippen molar-refractivity contribution in [3.05, 3.63) is 0 Å². The highest BCUT2D eigenvalue weighted by atomic mass is 16.6. The quantitative estimate of drug-likeness (QED) is 0.734. The van der Waals surface area contributed by atoms with E-state index in [1.165, 1.54) is 19.3 Å². The lowest BCUT2D eigenvalue weighted by molar-refractivity contribution is -0.165. The number of rotatable bonds is 2. The van der Waals surface area contributed by atoms with Crippen LogP contribution in [0.2, 0.25) is 0 Å². The molecule has 5 rings (SSSR count). The lowest BCUT2D eigenvalue weighted by Crippen LogP contribution is -2.39. The zero-order chi connectivity index (χ0) is 14.3. The van der Waals surface area contributed by atoms with Crippen LogP contribution in [0.4, 0.5) is 0 Å². The molecule has 3 nitrogen and oxygen atoms in total. The molecule has 0 aromatic heterocycles. The molecule has 10 unspecified atom stereocenters. The highest BCUT2D eigenvalue weighted by Gasteiger charge is 2.60. The van der Waals surface area contributed by atoms with Crippen LogP contribution < -0.4 is 0 Å². The minimum Gasteiger partial charge on any atom is -0.459 e. The summed E-state index contributed by atoms with van der Waals surface area (Å²) in [6, 6.07) is 0. The van der Waals surface area contributed by atoms with E-state index in [9.17, 15) is 4.79 Å². The first-order valence-corrected chi connectivity index (χ1v) is 8.95. The molecule has 10 atom stereocenters. The second-order valence-electron chi connectivity index (χ2n) is 8.57. The zero-order valence-electron chi connectivity index (χ0n) is 13.0. The predicted molar refractivity (Wildman–Crippen MR) is 77.4 cm³/mol. The van der Waals surface area contributed by atoms with Gasteiger partial charge in [-0.05, 0) is 67.1 Å². The van der Waals surface area contributed by atoms with Crippen molar-refractivity contribution in [2.24, 2.45) is 47.3 Å². The molecule has 4 bridgehead atoms. The average Bonchev–Trinajstić information content (AvgIpc) is 3.20. The summed E-state index contributed by atoms with van der Waals surface area (Å²) in [6.45, 7) is 5.60. The number of esters is 1. The fourth-order valence-electron chi connectivity index (χ4n) is 6.63. The molecular weight excluding hydrogens is 264 g/mol. The number of carbonyl (C=O) groups excluding carboxylic acids is 1. The number of carbonyl (C=O) groups is 1. The maximum Gasteiger partial charge on any atom is 0.309 e. The molecule has 5 fully saturated rings. The molecule has 116 valence electrons. The molecule has 5 aliphatic rings. The first-order chi connectivity index (χ1) is 10.1. The van der Waals surface area contributed by atoms with Crippen molar-refractivity contribution >= 4 is 5.97 Å². The van der Waals surface area contributed by atoms with Gasteiger partial charge in [-0.15, -0.1) is 0 Å². The summed E-state index contributed by atoms with van der Waals surface area (Å²) in [5.74, 6) is 5.14. The fraction of sp³-hybridized carbons (Fsp3) is 0.944. The van der Waals surface area contributed by atoms with E-state index >= 15 is 0 Å². The summed E-state index contributed by atoms with van der Waals surface area (Å²) in [7, 11) is 0. The fourth-order valence-corrected chi connectivity index (χ4v) is 6.63. The third kappa shape index (κ3) is 1.62. The van der Waals surface area contributed by atoms with Crippen LogP contribution >= 0.6 is 0 Å². The van der Waals surface area contributed by atoms with Crippen LogP contribution in [0.5, 0.6) is 0 Å². The average molecular weight is 290 g/mol. The summed E-state index contributed by atoms with van der Waals surface area (Å²) < 4.78 is 12.0. The Labute approximate surface area is 126 Å². The lowest BCUT2D eigenvalue weighted by Gasteiger charge is -2.33. The monoisotopic (exact) mass is 290 g/mol. The molecule has 0 N–H and O–H groups in total. The van der Waals surface area contributed by atoms with Gasteiger partial charge in [-0.2, -0.15) is 0 Å². The highest BCUT2D eigenvalue weighted by molar-refractivity contribution is 5.74. The summed E-state index contributed by atoms with van der Waals surface area (Å²) in [5.41, 5.74) is 0. The number of hydrogen-bond donors (Lipinski definition) is 0. The zero-order valence-corrected chi connectivity index (χ0v) is 13.0. The van der Waals surface area contributed by atoms with Gasteiger partial charge < -0.3 is 9.47 Å². The molecule has 0 amide bonds. The third-order valence-corrected chi connectivity index (χ3v) is 7.95. The number of fused-ring (bicyclic) bond motifs is 3. The van der Waals surface area contributed by atoms with Crippen molar-refractivity contribution in [3.8, 4) is 0 Å². The van der Waals surface area contributed by atoms with Gasteiger partial charge in [-0.25, -0.2) is 0 Å². The van der Waals surface area contributed by atoms with E-state index in [4.69, 9.17) is 9.47 Å². The standard InChI is InChI=1S/C18H26O3/c1-8-9(2)13-4-10(8)5-15(13)18(19)21-16-11-3-12-7-20-17(16)14(12)6-11/h8-17H,3-7H2,1-2H3. The smallest absolute Gasteiger partial charge is 0.309 e. The Morgan fingerprint density at radius 3 is 2.52 bits per heavy atom. The van der Waals surface area contributed by atoms with Crippen LogP contribution in [0, 0.1) is 47.3 Å². The summed E-state index contributed by atoms with van der Waals surface area (Å²) >= 11 is 0. The van der Waals surface area contributed by atoms with E-state index in [-0.39, 0.29) is 24.1 Å². The van der Waals surface area contributed by atoms with E-state index in [2.05, 4.69) is 13.8 Å². The number of ether oxygens (including phenoxy) is 2.